The number of aromatic nitrogens is 3. The van der Waals surface area contributed by atoms with Gasteiger partial charge in [0.05, 0.1) is 21.8 Å². The number of nitro groups is 1. The van der Waals surface area contributed by atoms with E-state index in [2.05, 4.69) is 10.3 Å². The fraction of sp³-hybridized carbons (Fsp3) is 0.296. The lowest BCUT2D eigenvalue weighted by molar-refractivity contribution is -0.384. The third kappa shape index (κ3) is 5.29. The number of nitro benzene ring substituents is 1. The SMILES string of the molecule is CC(=O)n1cc(-c2nc(Nc3cc([N+](=O)[O-])c(N(C)CCN(C)C)cc3C)ncc2C)c2ccccc21. The van der Waals surface area contributed by atoms with Crippen LogP contribution in [0.15, 0.2) is 48.8 Å². The molecule has 2 heterocycles. The van der Waals surface area contributed by atoms with Crippen molar-refractivity contribution in [3.05, 3.63) is 70.0 Å². The number of para-hydroxylation sites is 1. The van der Waals surface area contributed by atoms with Crippen LogP contribution in [0.5, 0.6) is 0 Å². The maximum absolute atomic E-state index is 12.2. The fourth-order valence-electron chi connectivity index (χ4n) is 4.26. The molecule has 0 radical (unpaired) electrons. The van der Waals surface area contributed by atoms with E-state index >= 15 is 0 Å². The van der Waals surface area contributed by atoms with Crippen LogP contribution in [0.4, 0.5) is 23.0 Å². The summed E-state index contributed by atoms with van der Waals surface area (Å²) in [5.74, 6) is 0.220. The second-order valence-corrected chi connectivity index (χ2v) is 9.44. The molecule has 0 bridgehead atoms. The number of carbonyl (C=O) groups is 1. The molecule has 37 heavy (non-hydrogen) atoms. The Hall–Kier alpha value is -4.31. The Labute approximate surface area is 215 Å². The van der Waals surface area contributed by atoms with E-state index in [1.165, 1.54) is 13.0 Å². The molecule has 0 saturated carbocycles. The van der Waals surface area contributed by atoms with Crippen LogP contribution in [0, 0.1) is 24.0 Å². The summed E-state index contributed by atoms with van der Waals surface area (Å²) in [5.41, 5.74) is 5.09. The summed E-state index contributed by atoms with van der Waals surface area (Å²) >= 11 is 0. The molecule has 0 amide bonds. The minimum atomic E-state index is -0.371. The van der Waals surface area contributed by atoms with Gasteiger partial charge in [0.15, 0.2) is 0 Å². The van der Waals surface area contributed by atoms with E-state index in [1.807, 2.05) is 75.1 Å². The number of nitrogens with one attached hydrogen (secondary N) is 1. The maximum Gasteiger partial charge on any atom is 0.294 e. The predicted molar refractivity (Wildman–Crippen MR) is 147 cm³/mol. The largest absolute Gasteiger partial charge is 0.368 e. The van der Waals surface area contributed by atoms with Crippen LogP contribution in [0.3, 0.4) is 0 Å². The number of nitrogens with zero attached hydrogens (tertiary/aromatic N) is 6. The molecule has 10 heteroatoms. The third-order valence-electron chi connectivity index (χ3n) is 6.34. The molecular weight excluding hydrogens is 470 g/mol. The molecular formula is C27H31N7O3. The van der Waals surface area contributed by atoms with Crippen molar-refractivity contribution < 1.29 is 9.72 Å². The smallest absolute Gasteiger partial charge is 0.294 e. The summed E-state index contributed by atoms with van der Waals surface area (Å²) in [5, 5.41) is 16.0. The zero-order chi connectivity index (χ0) is 26.9. The Bertz CT molecular complexity index is 1490. The van der Waals surface area contributed by atoms with Crippen molar-refractivity contribution in [1.82, 2.24) is 19.4 Å². The summed E-state index contributed by atoms with van der Waals surface area (Å²) in [4.78, 5) is 36.9. The molecule has 0 unspecified atom stereocenters. The summed E-state index contributed by atoms with van der Waals surface area (Å²) in [6.45, 7) is 6.75. The Kier molecular flexibility index (Phi) is 7.21. The van der Waals surface area contributed by atoms with Gasteiger partial charge in [-0.1, -0.05) is 18.2 Å². The first-order chi connectivity index (χ1) is 17.6. The lowest BCUT2D eigenvalue weighted by Crippen LogP contribution is -2.29. The van der Waals surface area contributed by atoms with Crippen molar-refractivity contribution in [2.45, 2.75) is 20.8 Å². The summed E-state index contributed by atoms with van der Waals surface area (Å²) in [6, 6.07) is 11.0. The van der Waals surface area contributed by atoms with Gasteiger partial charge in [0.1, 0.15) is 5.69 Å². The minimum Gasteiger partial charge on any atom is -0.368 e. The van der Waals surface area contributed by atoms with Crippen LogP contribution in [-0.2, 0) is 0 Å². The molecule has 4 rings (SSSR count). The van der Waals surface area contributed by atoms with Crippen molar-refractivity contribution >= 4 is 39.8 Å². The van der Waals surface area contributed by atoms with Crippen molar-refractivity contribution in [2.75, 3.05) is 44.4 Å². The number of fused-ring (bicyclic) bond motifs is 1. The first kappa shape index (κ1) is 25.8. The highest BCUT2D eigenvalue weighted by atomic mass is 16.6. The second kappa shape index (κ2) is 10.4. The van der Waals surface area contributed by atoms with Crippen LogP contribution in [-0.4, -0.2) is 64.5 Å². The van der Waals surface area contributed by atoms with Crippen LogP contribution in [0.1, 0.15) is 22.8 Å². The number of hydrogen-bond acceptors (Lipinski definition) is 8. The monoisotopic (exact) mass is 501 g/mol. The number of likely N-dealkylation sites (N-methyl/N-ethyl adjacent to an activating group) is 2. The van der Waals surface area contributed by atoms with Crippen molar-refractivity contribution in [3.63, 3.8) is 0 Å². The first-order valence-electron chi connectivity index (χ1n) is 11.9. The Morgan fingerprint density at radius 3 is 2.51 bits per heavy atom. The second-order valence-electron chi connectivity index (χ2n) is 9.44. The average molecular weight is 502 g/mol. The lowest BCUT2D eigenvalue weighted by Gasteiger charge is -2.22. The zero-order valence-electron chi connectivity index (χ0n) is 21.9. The standard InChI is InChI=1S/C27H31N7O3/c1-17-13-24(32(6)12-11-31(4)5)25(34(36)37)14-22(17)29-27-28-15-18(2)26(30-27)21-16-33(19(3)35)23-10-8-7-9-20(21)23/h7-10,13-16H,11-12H2,1-6H3,(H,28,29,30). The van der Waals surface area contributed by atoms with Gasteiger partial charge in [0.2, 0.25) is 11.9 Å². The van der Waals surface area contributed by atoms with Gasteiger partial charge in [-0.3, -0.25) is 19.5 Å². The Balaban J connectivity index is 1.73. The molecule has 2 aromatic carbocycles. The highest BCUT2D eigenvalue weighted by Gasteiger charge is 2.21. The third-order valence-corrected chi connectivity index (χ3v) is 6.34. The molecule has 0 aliphatic carbocycles. The molecule has 0 fully saturated rings. The predicted octanol–water partition coefficient (Wildman–Crippen LogP) is 5.02. The number of anilines is 3. The molecule has 0 spiro atoms. The lowest BCUT2D eigenvalue weighted by atomic mass is 10.1. The van der Waals surface area contributed by atoms with Gasteiger partial charge in [-0.05, 0) is 51.2 Å². The van der Waals surface area contributed by atoms with E-state index in [1.54, 1.807) is 17.0 Å². The summed E-state index contributed by atoms with van der Waals surface area (Å²) in [6.07, 6.45) is 3.50. The van der Waals surface area contributed by atoms with Gasteiger partial charge in [-0.25, -0.2) is 9.97 Å². The minimum absolute atomic E-state index is 0.00576. The van der Waals surface area contributed by atoms with E-state index in [4.69, 9.17) is 4.98 Å². The Morgan fingerprint density at radius 2 is 1.84 bits per heavy atom. The van der Waals surface area contributed by atoms with Crippen molar-refractivity contribution in [2.24, 2.45) is 0 Å². The zero-order valence-corrected chi connectivity index (χ0v) is 21.9. The van der Waals surface area contributed by atoms with E-state index in [0.29, 0.717) is 29.6 Å². The molecule has 192 valence electrons. The van der Waals surface area contributed by atoms with E-state index in [-0.39, 0.29) is 16.5 Å². The van der Waals surface area contributed by atoms with Gasteiger partial charge in [0, 0.05) is 56.5 Å². The molecule has 2 aromatic heterocycles. The summed E-state index contributed by atoms with van der Waals surface area (Å²) < 4.78 is 1.61. The molecule has 0 aliphatic heterocycles. The number of rotatable bonds is 8. The van der Waals surface area contributed by atoms with Crippen LogP contribution in [0.2, 0.25) is 0 Å². The maximum atomic E-state index is 12.2. The Morgan fingerprint density at radius 1 is 1.11 bits per heavy atom. The number of aryl methyl sites for hydroxylation is 2. The van der Waals surface area contributed by atoms with E-state index in [9.17, 15) is 14.9 Å². The molecule has 1 N–H and O–H groups in total. The average Bonchev–Trinajstić information content (AvgIpc) is 3.24. The molecule has 0 aliphatic rings. The first-order valence-corrected chi connectivity index (χ1v) is 11.9. The number of hydrogen-bond donors (Lipinski definition) is 1. The quantitative estimate of drug-likeness (QED) is 0.265. The van der Waals surface area contributed by atoms with E-state index in [0.717, 1.165) is 34.1 Å². The topological polar surface area (TPSA) is 109 Å². The number of carbonyl (C=O) groups excluding carboxylic acids is 1. The van der Waals surface area contributed by atoms with Gasteiger partial charge >= 0.3 is 0 Å². The van der Waals surface area contributed by atoms with Gasteiger partial charge < -0.3 is 15.1 Å². The normalized spacial score (nSPS) is 11.2. The van der Waals surface area contributed by atoms with Crippen molar-refractivity contribution in [1.29, 1.82) is 0 Å². The van der Waals surface area contributed by atoms with Crippen LogP contribution >= 0.6 is 0 Å². The number of benzene rings is 2. The fourth-order valence-corrected chi connectivity index (χ4v) is 4.26. The molecule has 4 aromatic rings. The highest BCUT2D eigenvalue weighted by molar-refractivity contribution is 6.01. The van der Waals surface area contributed by atoms with Gasteiger partial charge in [-0.2, -0.15) is 0 Å². The van der Waals surface area contributed by atoms with Crippen LogP contribution in [0.25, 0.3) is 22.2 Å². The van der Waals surface area contributed by atoms with Crippen LogP contribution < -0.4 is 10.2 Å². The molecule has 10 nitrogen and oxygen atoms in total. The molecule has 0 saturated heterocycles. The van der Waals surface area contributed by atoms with Gasteiger partial charge in [0.25, 0.3) is 5.69 Å². The molecule has 0 atom stereocenters. The highest BCUT2D eigenvalue weighted by Crippen LogP contribution is 2.35. The van der Waals surface area contributed by atoms with Crippen molar-refractivity contribution in [3.8, 4) is 11.3 Å². The summed E-state index contributed by atoms with van der Waals surface area (Å²) in [7, 11) is 5.79. The van der Waals surface area contributed by atoms with E-state index < -0.39 is 0 Å². The van der Waals surface area contributed by atoms with Gasteiger partial charge in [-0.15, -0.1) is 0 Å².